The molecule has 0 aromatic heterocycles. The lowest BCUT2D eigenvalue weighted by Gasteiger charge is -2.09. The van der Waals surface area contributed by atoms with Crippen molar-refractivity contribution in [2.75, 3.05) is 49.4 Å². The summed E-state index contributed by atoms with van der Waals surface area (Å²) in [7, 11) is 0. The molecule has 0 saturated carbocycles. The van der Waals surface area contributed by atoms with Crippen LogP contribution in [0.2, 0.25) is 0 Å². The molecule has 0 saturated heterocycles. The van der Waals surface area contributed by atoms with Crippen molar-refractivity contribution >= 4 is 189 Å². The highest BCUT2D eigenvalue weighted by Crippen LogP contribution is 2.59. The number of hydrogen-bond acceptors (Lipinski definition) is 24. The SMILES string of the molecule is CCCOC(=O)C1=C(C(=O)OCCC)SC(=Cc2cc(C#Cc3ccc(C=C4SC(SCCC#N)=C(SCCC#N)S4)cc3)c(C=C3SC(C(=O)OCCC)=C(C(=O)OCCC)S3)cc2C#Cc2ccc(C=C3SC(SCCC#N)=C(SCCC#N)S3)cc2)S1. The van der Waals surface area contributed by atoms with Crippen LogP contribution < -0.4 is 0 Å². The molecule has 24 heteroatoms. The van der Waals surface area contributed by atoms with Gasteiger partial charge in [-0.2, -0.15) is 21.0 Å². The highest BCUT2D eigenvalue weighted by Gasteiger charge is 2.35. The van der Waals surface area contributed by atoms with Crippen LogP contribution >= 0.6 is 141 Å². The molecule has 0 atom stereocenters. The van der Waals surface area contributed by atoms with Gasteiger partial charge in [-0.05, 0) is 109 Å². The van der Waals surface area contributed by atoms with E-state index in [4.69, 9.17) is 18.9 Å². The van der Waals surface area contributed by atoms with Crippen molar-refractivity contribution in [2.24, 2.45) is 0 Å². The number of hydrogen-bond donors (Lipinski definition) is 0. The Morgan fingerprint density at radius 3 is 0.911 bits per heavy atom. The highest BCUT2D eigenvalue weighted by molar-refractivity contribution is 8.41. The van der Waals surface area contributed by atoms with Crippen LogP contribution in [0.25, 0.3) is 24.3 Å². The molecule has 0 bridgehead atoms. The average molecular weight is 1420 g/mol. The zero-order valence-corrected chi connectivity index (χ0v) is 59.1. The zero-order chi connectivity index (χ0) is 64.0. The number of nitriles is 4. The van der Waals surface area contributed by atoms with Gasteiger partial charge in [-0.15, -0.1) is 47.0 Å². The van der Waals surface area contributed by atoms with Crippen LogP contribution in [-0.2, 0) is 38.1 Å². The molecule has 3 aromatic carbocycles. The lowest BCUT2D eigenvalue weighted by Crippen LogP contribution is -2.12. The van der Waals surface area contributed by atoms with E-state index in [1.807, 2.05) is 101 Å². The van der Waals surface area contributed by atoms with E-state index in [1.165, 1.54) is 0 Å². The Labute approximate surface area is 578 Å². The normalized spacial score (nSPS) is 14.2. The maximum absolute atomic E-state index is 13.6. The lowest BCUT2D eigenvalue weighted by molar-refractivity contribution is -0.141. The molecule has 462 valence electrons. The lowest BCUT2D eigenvalue weighted by atomic mass is 9.97. The summed E-state index contributed by atoms with van der Waals surface area (Å²) in [5, 5.41) is 36.7. The molecule has 4 aliphatic rings. The Bertz CT molecular complexity index is 3400. The van der Waals surface area contributed by atoms with Crippen LogP contribution in [0.1, 0.15) is 124 Å². The van der Waals surface area contributed by atoms with Crippen molar-refractivity contribution in [3.63, 3.8) is 0 Å². The van der Waals surface area contributed by atoms with Gasteiger partial charge in [-0.3, -0.25) is 0 Å². The molecule has 0 N–H and O–H groups in total. The number of ether oxygens (including phenoxy) is 4. The summed E-state index contributed by atoms with van der Waals surface area (Å²) in [5.41, 5.74) is 5.76. The molecule has 0 fully saturated rings. The van der Waals surface area contributed by atoms with Crippen LogP contribution in [0.4, 0.5) is 0 Å². The summed E-state index contributed by atoms with van der Waals surface area (Å²) in [4.78, 5) is 54.9. The molecule has 0 unspecified atom stereocenters. The summed E-state index contributed by atoms with van der Waals surface area (Å²) in [6.45, 7) is 8.25. The number of thioether (sulfide) groups is 12. The summed E-state index contributed by atoms with van der Waals surface area (Å²) in [5.74, 6) is 13.9. The molecule has 0 spiro atoms. The Balaban J connectivity index is 1.31. The molecule has 0 radical (unpaired) electrons. The Hall–Kier alpha value is -5.26. The van der Waals surface area contributed by atoms with E-state index in [-0.39, 0.29) is 46.0 Å². The average Bonchev–Trinajstić information content (AvgIpc) is 3.46. The fraction of sp³-hybridized carbons (Fsp3) is 0.303. The van der Waals surface area contributed by atoms with Gasteiger partial charge in [0.2, 0.25) is 0 Å². The molecule has 12 nitrogen and oxygen atoms in total. The van der Waals surface area contributed by atoms with Crippen LogP contribution in [0.5, 0.6) is 0 Å². The van der Waals surface area contributed by atoms with Crippen molar-refractivity contribution in [3.8, 4) is 48.0 Å². The largest absolute Gasteiger partial charge is 0.462 e. The minimum Gasteiger partial charge on any atom is -0.462 e. The van der Waals surface area contributed by atoms with Crippen molar-refractivity contribution in [1.82, 2.24) is 0 Å². The van der Waals surface area contributed by atoms with E-state index in [2.05, 4.69) is 60.1 Å². The second-order valence-electron chi connectivity index (χ2n) is 18.5. The predicted molar refractivity (Wildman–Crippen MR) is 388 cm³/mol. The second-order valence-corrected chi connectivity index (χ2v) is 33.4. The van der Waals surface area contributed by atoms with E-state index >= 15 is 0 Å². The van der Waals surface area contributed by atoms with Gasteiger partial charge in [0, 0.05) is 70.9 Å². The summed E-state index contributed by atoms with van der Waals surface area (Å²) < 4.78 is 30.2. The van der Waals surface area contributed by atoms with Gasteiger partial charge in [0.05, 0.1) is 84.6 Å². The van der Waals surface area contributed by atoms with Crippen molar-refractivity contribution in [3.05, 3.63) is 159 Å². The highest BCUT2D eigenvalue weighted by atomic mass is 32.3. The molecule has 3 aromatic rings. The summed E-state index contributed by atoms with van der Waals surface area (Å²) >= 11 is 17.8. The van der Waals surface area contributed by atoms with E-state index in [1.54, 1.807) is 94.1 Å². The van der Waals surface area contributed by atoms with Gasteiger partial charge in [-0.25, -0.2) is 19.2 Å². The van der Waals surface area contributed by atoms with Gasteiger partial charge in [-0.1, -0.05) is 170 Å². The first kappa shape index (κ1) is 72.2. The molecule has 0 aliphatic carbocycles. The van der Waals surface area contributed by atoms with E-state index in [0.29, 0.717) is 105 Å². The quantitative estimate of drug-likeness (QED) is 0.0287. The number of carbonyl (C=O) groups is 4. The van der Waals surface area contributed by atoms with Crippen LogP contribution in [0.15, 0.2) is 114 Å². The minimum atomic E-state index is -0.623. The van der Waals surface area contributed by atoms with Crippen molar-refractivity contribution in [1.29, 1.82) is 21.0 Å². The Morgan fingerprint density at radius 2 is 0.656 bits per heavy atom. The third-order valence-corrected chi connectivity index (χ3v) is 27.1. The molecular formula is C66H58N4O8S12. The zero-order valence-electron chi connectivity index (χ0n) is 49.4. The fourth-order valence-corrected chi connectivity index (χ4v) is 23.2. The third-order valence-electron chi connectivity index (χ3n) is 11.5. The first-order valence-corrected chi connectivity index (χ1v) is 38.7. The summed E-state index contributed by atoms with van der Waals surface area (Å²) in [6.07, 6.45) is 12.1. The van der Waals surface area contributed by atoms with E-state index < -0.39 is 23.9 Å². The van der Waals surface area contributed by atoms with Crippen LogP contribution in [0, 0.1) is 69.0 Å². The standard InChI is InChI=1S/C66H58N4O8S12/c1-5-29-75-59(71)55-56(60(72)76-30-6-2)84-53(83-55)41-49-39-48(24-22-44-15-19-46(20-16-44)38-52-89-65(81-35-11-27-69)66(90-52)82-36-12-28-70)50(42-54-85-57(61(73)77-31-7-3)58(86-54)62(74)78-32-8-4)40-47(49)23-21-43-13-17-45(18-14-43)37-51-87-63(79-33-9-25-67)64(88-51)80-34-10-26-68/h13-20,37-42H,5-12,29-36H2,1-4H3. The molecule has 0 amide bonds. The maximum atomic E-state index is 13.6. The van der Waals surface area contributed by atoms with Crippen LogP contribution in [0.3, 0.4) is 0 Å². The molecule has 7 rings (SSSR count). The number of esters is 4. The molecule has 90 heavy (non-hydrogen) atoms. The van der Waals surface area contributed by atoms with E-state index in [9.17, 15) is 40.2 Å². The number of nitrogens with zero attached hydrogens (tertiary/aromatic N) is 4. The number of benzene rings is 3. The van der Waals surface area contributed by atoms with Crippen molar-refractivity contribution in [2.45, 2.75) is 79.1 Å². The van der Waals surface area contributed by atoms with E-state index in [0.717, 1.165) is 94.7 Å². The number of rotatable bonds is 28. The molecule has 4 heterocycles. The smallest absolute Gasteiger partial charge is 0.346 e. The van der Waals surface area contributed by atoms with Gasteiger partial charge >= 0.3 is 23.9 Å². The minimum absolute atomic E-state index is 0.132. The first-order valence-electron chi connectivity index (χ1n) is 28.3. The predicted octanol–water partition coefficient (Wildman–Crippen LogP) is 18.7. The van der Waals surface area contributed by atoms with Gasteiger partial charge in [0.1, 0.15) is 19.6 Å². The molecular weight excluding hydrogens is 1360 g/mol. The topological polar surface area (TPSA) is 200 Å². The van der Waals surface area contributed by atoms with Gasteiger partial charge < -0.3 is 18.9 Å². The molecule has 4 aliphatic heterocycles. The Kier molecular flexibility index (Phi) is 31.5. The third kappa shape index (κ3) is 22.5. The van der Waals surface area contributed by atoms with Gasteiger partial charge in [0.15, 0.2) is 0 Å². The van der Waals surface area contributed by atoms with Crippen LogP contribution in [-0.4, -0.2) is 73.3 Å². The first-order chi connectivity index (χ1) is 43.9. The monoisotopic (exact) mass is 1420 g/mol. The number of carbonyl (C=O) groups excluding carboxylic acids is 4. The summed E-state index contributed by atoms with van der Waals surface area (Å²) in [6, 6.07) is 28.5. The maximum Gasteiger partial charge on any atom is 0.346 e. The Morgan fingerprint density at radius 1 is 0.389 bits per heavy atom. The van der Waals surface area contributed by atoms with Crippen molar-refractivity contribution < 1.29 is 38.1 Å². The fourth-order valence-electron chi connectivity index (χ4n) is 7.35. The van der Waals surface area contributed by atoms with Gasteiger partial charge in [0.25, 0.3) is 0 Å². The second kappa shape index (κ2) is 39.3.